The first-order valence-corrected chi connectivity index (χ1v) is 6.43. The van der Waals surface area contributed by atoms with Gasteiger partial charge in [0.2, 0.25) is 5.91 Å². The quantitative estimate of drug-likeness (QED) is 0.564. The zero-order valence-corrected chi connectivity index (χ0v) is 11.4. The third-order valence-corrected chi connectivity index (χ3v) is 2.91. The van der Waals surface area contributed by atoms with Crippen LogP contribution in [0.4, 0.5) is 0 Å². The van der Waals surface area contributed by atoms with E-state index in [1.807, 2.05) is 0 Å². The molecule has 1 aliphatic rings. The van der Waals surface area contributed by atoms with Crippen LogP contribution >= 0.6 is 0 Å². The molecule has 2 N–H and O–H groups in total. The van der Waals surface area contributed by atoms with E-state index < -0.39 is 18.1 Å². The highest BCUT2D eigenvalue weighted by Gasteiger charge is 2.32. The molecule has 0 spiro atoms. The number of amides is 1. The largest absolute Gasteiger partial charge is 0.465 e. The third kappa shape index (κ3) is 5.14. The van der Waals surface area contributed by atoms with Gasteiger partial charge < -0.3 is 24.8 Å². The highest BCUT2D eigenvalue weighted by molar-refractivity contribution is 5.86. The van der Waals surface area contributed by atoms with Crippen LogP contribution in [0.15, 0.2) is 0 Å². The Morgan fingerprint density at radius 3 is 2.74 bits per heavy atom. The Morgan fingerprint density at radius 2 is 2.21 bits per heavy atom. The van der Waals surface area contributed by atoms with Gasteiger partial charge in [0.15, 0.2) is 0 Å². The first kappa shape index (κ1) is 15.9. The van der Waals surface area contributed by atoms with Crippen LogP contribution in [0.25, 0.3) is 0 Å². The van der Waals surface area contributed by atoms with Crippen LogP contribution in [0.2, 0.25) is 0 Å². The van der Waals surface area contributed by atoms with Crippen LogP contribution in [-0.4, -0.2) is 74.0 Å². The molecule has 1 heterocycles. The zero-order valence-electron chi connectivity index (χ0n) is 11.4. The molecule has 0 aromatic heterocycles. The molecule has 0 radical (unpaired) electrons. The van der Waals surface area contributed by atoms with Crippen LogP contribution in [-0.2, 0) is 19.1 Å². The molecule has 1 fully saturated rings. The highest BCUT2D eigenvalue weighted by Crippen LogP contribution is 2.09. The summed E-state index contributed by atoms with van der Waals surface area (Å²) < 4.78 is 9.77. The van der Waals surface area contributed by atoms with Gasteiger partial charge in [-0.2, -0.15) is 0 Å². The van der Waals surface area contributed by atoms with Crippen LogP contribution in [0.5, 0.6) is 0 Å². The number of aliphatic hydroxyl groups excluding tert-OH is 1. The van der Waals surface area contributed by atoms with Gasteiger partial charge in [0, 0.05) is 20.2 Å². The minimum Gasteiger partial charge on any atom is -0.465 e. The van der Waals surface area contributed by atoms with Gasteiger partial charge in [-0.05, 0) is 13.3 Å². The van der Waals surface area contributed by atoms with Crippen molar-refractivity contribution in [2.75, 3.05) is 40.0 Å². The topological polar surface area (TPSA) is 88.1 Å². The molecule has 110 valence electrons. The van der Waals surface area contributed by atoms with Crippen LogP contribution in [0, 0.1) is 0 Å². The lowest BCUT2D eigenvalue weighted by Crippen LogP contribution is -2.47. The number of rotatable bonds is 7. The lowest BCUT2D eigenvalue weighted by Gasteiger charge is -2.24. The van der Waals surface area contributed by atoms with Gasteiger partial charge >= 0.3 is 5.97 Å². The first-order chi connectivity index (χ1) is 9.08. The molecular formula is C12H22N2O5. The Balaban J connectivity index is 2.56. The number of ether oxygens (including phenoxy) is 2. The number of nitrogens with zero attached hydrogens (tertiary/aromatic N) is 1. The van der Waals surface area contributed by atoms with Crippen LogP contribution in [0.3, 0.4) is 0 Å². The van der Waals surface area contributed by atoms with E-state index in [1.165, 1.54) is 12.0 Å². The summed E-state index contributed by atoms with van der Waals surface area (Å²) in [5.74, 6) is -0.646. The lowest BCUT2D eigenvalue weighted by molar-refractivity contribution is -0.149. The second-order valence-corrected chi connectivity index (χ2v) is 4.41. The molecule has 19 heavy (non-hydrogen) atoms. The molecule has 0 saturated carbocycles. The van der Waals surface area contributed by atoms with Crippen molar-refractivity contribution in [1.82, 2.24) is 10.2 Å². The number of methoxy groups -OCH3 is 1. The van der Waals surface area contributed by atoms with E-state index in [4.69, 9.17) is 9.47 Å². The standard InChI is InChI=1S/C12H22N2O5/c1-3-19-11(16)8-14(4-5-18-2)12(17)10-6-9(15)7-13-10/h9-10,13,15H,3-8H2,1-2H3. The smallest absolute Gasteiger partial charge is 0.325 e. The molecule has 7 nitrogen and oxygen atoms in total. The summed E-state index contributed by atoms with van der Waals surface area (Å²) in [6.07, 6.45) is -0.147. The fraction of sp³-hybridized carbons (Fsp3) is 0.833. The van der Waals surface area contributed by atoms with E-state index in [2.05, 4.69) is 5.32 Å². The summed E-state index contributed by atoms with van der Waals surface area (Å²) in [7, 11) is 1.53. The number of hydrogen-bond acceptors (Lipinski definition) is 6. The molecule has 1 aliphatic heterocycles. The molecule has 1 amide bonds. The van der Waals surface area contributed by atoms with Crippen molar-refractivity contribution >= 4 is 11.9 Å². The van der Waals surface area contributed by atoms with Gasteiger partial charge in [-0.25, -0.2) is 0 Å². The number of β-amino-alcohol motifs (C(OH)–C–C–N with tert-alkyl or cyclic N) is 1. The molecule has 2 atom stereocenters. The monoisotopic (exact) mass is 274 g/mol. The number of nitrogens with one attached hydrogen (secondary N) is 1. The second-order valence-electron chi connectivity index (χ2n) is 4.41. The minimum absolute atomic E-state index is 0.0929. The first-order valence-electron chi connectivity index (χ1n) is 6.43. The van der Waals surface area contributed by atoms with Crippen molar-refractivity contribution in [2.45, 2.75) is 25.5 Å². The number of carbonyl (C=O) groups is 2. The molecule has 0 bridgehead atoms. The van der Waals surface area contributed by atoms with Crippen molar-refractivity contribution in [2.24, 2.45) is 0 Å². The average molecular weight is 274 g/mol. The highest BCUT2D eigenvalue weighted by atomic mass is 16.5. The van der Waals surface area contributed by atoms with Gasteiger partial charge in [0.05, 0.1) is 25.4 Å². The third-order valence-electron chi connectivity index (χ3n) is 2.91. The lowest BCUT2D eigenvalue weighted by atomic mass is 10.2. The van der Waals surface area contributed by atoms with E-state index in [0.717, 1.165) is 0 Å². The van der Waals surface area contributed by atoms with Crippen molar-refractivity contribution in [1.29, 1.82) is 0 Å². The maximum atomic E-state index is 12.2. The van der Waals surface area contributed by atoms with E-state index in [-0.39, 0.29) is 19.1 Å². The SMILES string of the molecule is CCOC(=O)CN(CCOC)C(=O)C1CC(O)CN1. The Kier molecular flexibility index (Phi) is 6.75. The molecule has 2 unspecified atom stereocenters. The maximum absolute atomic E-state index is 12.2. The van der Waals surface area contributed by atoms with E-state index in [0.29, 0.717) is 26.1 Å². The van der Waals surface area contributed by atoms with Gasteiger partial charge in [-0.15, -0.1) is 0 Å². The molecule has 0 aliphatic carbocycles. The van der Waals surface area contributed by atoms with Crippen LogP contribution < -0.4 is 5.32 Å². The summed E-state index contributed by atoms with van der Waals surface area (Å²) in [6, 6.07) is -0.443. The summed E-state index contributed by atoms with van der Waals surface area (Å²) in [5.41, 5.74) is 0. The number of carbonyl (C=O) groups excluding carboxylic acids is 2. The van der Waals surface area contributed by atoms with Gasteiger partial charge in [0.25, 0.3) is 0 Å². The average Bonchev–Trinajstić information content (AvgIpc) is 2.80. The normalized spacial score (nSPS) is 22.3. The summed E-state index contributed by atoms with van der Waals surface area (Å²) in [4.78, 5) is 25.1. The van der Waals surface area contributed by atoms with Crippen molar-refractivity contribution < 1.29 is 24.2 Å². The Morgan fingerprint density at radius 1 is 1.47 bits per heavy atom. The van der Waals surface area contributed by atoms with Crippen LogP contribution in [0.1, 0.15) is 13.3 Å². The van der Waals surface area contributed by atoms with E-state index in [1.54, 1.807) is 6.92 Å². The Labute approximate surface area is 112 Å². The van der Waals surface area contributed by atoms with E-state index >= 15 is 0 Å². The molecule has 0 aromatic rings. The summed E-state index contributed by atoms with van der Waals surface area (Å²) in [5, 5.41) is 12.4. The predicted octanol–water partition coefficient (Wildman–Crippen LogP) is -1.25. The van der Waals surface area contributed by atoms with Crippen molar-refractivity contribution in [3.05, 3.63) is 0 Å². The predicted molar refractivity (Wildman–Crippen MR) is 67.5 cm³/mol. The fourth-order valence-corrected chi connectivity index (χ4v) is 1.96. The van der Waals surface area contributed by atoms with Crippen molar-refractivity contribution in [3.8, 4) is 0 Å². The molecule has 0 aromatic carbocycles. The number of aliphatic hydroxyl groups is 1. The van der Waals surface area contributed by atoms with Gasteiger partial charge in [-0.1, -0.05) is 0 Å². The van der Waals surface area contributed by atoms with Gasteiger partial charge in [0.1, 0.15) is 6.54 Å². The summed E-state index contributed by atoms with van der Waals surface area (Å²) in [6.45, 7) is 2.97. The Bertz CT molecular complexity index is 310. The molecular weight excluding hydrogens is 252 g/mol. The number of hydrogen-bond donors (Lipinski definition) is 2. The molecule has 1 rings (SSSR count). The fourth-order valence-electron chi connectivity index (χ4n) is 1.96. The zero-order chi connectivity index (χ0) is 14.3. The van der Waals surface area contributed by atoms with E-state index in [9.17, 15) is 14.7 Å². The minimum atomic E-state index is -0.513. The Hall–Kier alpha value is -1.18. The molecule has 7 heteroatoms. The second kappa shape index (κ2) is 8.08. The summed E-state index contributed by atoms with van der Waals surface area (Å²) >= 11 is 0. The van der Waals surface area contributed by atoms with Crippen molar-refractivity contribution in [3.63, 3.8) is 0 Å². The molecule has 1 saturated heterocycles. The number of esters is 1. The van der Waals surface area contributed by atoms with Gasteiger partial charge in [-0.3, -0.25) is 9.59 Å². The maximum Gasteiger partial charge on any atom is 0.325 e.